The summed E-state index contributed by atoms with van der Waals surface area (Å²) < 4.78 is 25.0. The molecule has 1 aromatic carbocycles. The second-order valence-corrected chi connectivity index (χ2v) is 10.6. The van der Waals surface area contributed by atoms with Crippen molar-refractivity contribution >= 4 is 39.3 Å². The van der Waals surface area contributed by atoms with Crippen LogP contribution >= 0.6 is 11.8 Å². The number of sulfonamides is 1. The smallest absolute Gasteiger partial charge is 0.248 e. The minimum absolute atomic E-state index is 0.126. The molecule has 2 unspecified atom stereocenters. The van der Waals surface area contributed by atoms with Crippen molar-refractivity contribution < 1.29 is 18.0 Å². The summed E-state index contributed by atoms with van der Waals surface area (Å²) in [7, 11) is -3.32. The number of carbonyl (C=O) groups excluding carboxylic acids is 2. The summed E-state index contributed by atoms with van der Waals surface area (Å²) >= 11 is 1.55. The molecule has 9 heteroatoms. The number of amides is 2. The van der Waals surface area contributed by atoms with Crippen LogP contribution in [-0.4, -0.2) is 66.5 Å². The molecule has 2 atom stereocenters. The van der Waals surface area contributed by atoms with E-state index in [-0.39, 0.29) is 24.3 Å². The molecule has 0 saturated carbocycles. The zero-order chi connectivity index (χ0) is 20.5. The Kier molecular flexibility index (Phi) is 6.36. The zero-order valence-corrected chi connectivity index (χ0v) is 18.1. The van der Waals surface area contributed by atoms with Crippen LogP contribution in [0, 0.1) is 19.8 Å². The van der Waals surface area contributed by atoms with E-state index < -0.39 is 16.1 Å². The molecule has 2 saturated heterocycles. The SMILES string of the molecule is Cc1ccc(NC(=O)C2CSCN2C(=O)C2CCCN(S(C)(=O)=O)C2)cc1C. The molecule has 0 aliphatic carbocycles. The van der Waals surface area contributed by atoms with Gasteiger partial charge in [-0.15, -0.1) is 11.8 Å². The number of anilines is 1. The van der Waals surface area contributed by atoms with Gasteiger partial charge in [-0.2, -0.15) is 0 Å². The lowest BCUT2D eigenvalue weighted by atomic mass is 9.97. The number of aryl methyl sites for hydroxylation is 2. The van der Waals surface area contributed by atoms with E-state index in [0.29, 0.717) is 31.0 Å². The molecule has 0 aromatic heterocycles. The van der Waals surface area contributed by atoms with Crippen LogP contribution in [-0.2, 0) is 19.6 Å². The highest BCUT2D eigenvalue weighted by molar-refractivity contribution is 7.99. The first kappa shape index (κ1) is 21.1. The Balaban J connectivity index is 1.68. The number of hydrogen-bond acceptors (Lipinski definition) is 5. The fourth-order valence-electron chi connectivity index (χ4n) is 3.60. The molecule has 1 aromatic rings. The largest absolute Gasteiger partial charge is 0.324 e. The first-order chi connectivity index (χ1) is 13.2. The number of nitrogens with one attached hydrogen (secondary N) is 1. The van der Waals surface area contributed by atoms with Gasteiger partial charge in [-0.3, -0.25) is 9.59 Å². The zero-order valence-electron chi connectivity index (χ0n) is 16.5. The fourth-order valence-corrected chi connectivity index (χ4v) is 5.68. The van der Waals surface area contributed by atoms with Gasteiger partial charge < -0.3 is 10.2 Å². The molecule has 0 radical (unpaired) electrons. The highest BCUT2D eigenvalue weighted by atomic mass is 32.2. The molecule has 154 valence electrons. The third-order valence-corrected chi connectivity index (χ3v) is 7.73. The van der Waals surface area contributed by atoms with E-state index in [4.69, 9.17) is 0 Å². The highest BCUT2D eigenvalue weighted by Crippen LogP contribution is 2.28. The molecule has 0 bridgehead atoms. The molecule has 1 N–H and O–H groups in total. The van der Waals surface area contributed by atoms with Crippen molar-refractivity contribution in [1.82, 2.24) is 9.21 Å². The first-order valence-corrected chi connectivity index (χ1v) is 12.4. The van der Waals surface area contributed by atoms with Gasteiger partial charge in [0, 0.05) is 24.5 Å². The number of hydrogen-bond donors (Lipinski definition) is 1. The van der Waals surface area contributed by atoms with Crippen molar-refractivity contribution in [3.05, 3.63) is 29.3 Å². The quantitative estimate of drug-likeness (QED) is 0.795. The number of benzene rings is 1. The van der Waals surface area contributed by atoms with Crippen molar-refractivity contribution in [1.29, 1.82) is 0 Å². The number of nitrogens with zero attached hydrogens (tertiary/aromatic N) is 2. The molecule has 28 heavy (non-hydrogen) atoms. The normalized spacial score (nSPS) is 23.6. The van der Waals surface area contributed by atoms with Gasteiger partial charge in [0.2, 0.25) is 21.8 Å². The molecule has 7 nitrogen and oxygen atoms in total. The Hall–Kier alpha value is -1.58. The monoisotopic (exact) mass is 425 g/mol. The maximum absolute atomic E-state index is 13.1. The Morgan fingerprint density at radius 1 is 1.21 bits per heavy atom. The number of carbonyl (C=O) groups is 2. The van der Waals surface area contributed by atoms with E-state index in [1.165, 1.54) is 10.6 Å². The standard InChI is InChI=1S/C19H27N3O4S2/c1-13-6-7-16(9-14(13)2)20-18(23)17-11-27-12-22(17)19(24)15-5-4-8-21(10-15)28(3,25)26/h6-7,9,15,17H,4-5,8,10-12H2,1-3H3,(H,20,23). The van der Waals surface area contributed by atoms with Crippen molar-refractivity contribution in [2.45, 2.75) is 32.7 Å². The number of piperidine rings is 1. The lowest BCUT2D eigenvalue weighted by Crippen LogP contribution is -2.50. The number of thioether (sulfide) groups is 1. The molecule has 3 rings (SSSR count). The van der Waals surface area contributed by atoms with Crippen molar-refractivity contribution in [3.63, 3.8) is 0 Å². The third-order valence-electron chi connectivity index (χ3n) is 5.44. The predicted molar refractivity (Wildman–Crippen MR) is 112 cm³/mol. The van der Waals surface area contributed by atoms with Crippen molar-refractivity contribution in [2.24, 2.45) is 5.92 Å². The van der Waals surface area contributed by atoms with Crippen molar-refractivity contribution in [2.75, 3.05) is 36.3 Å². The van der Waals surface area contributed by atoms with Crippen LogP contribution in [0.3, 0.4) is 0 Å². The molecule has 2 aliphatic heterocycles. The average molecular weight is 426 g/mol. The van der Waals surface area contributed by atoms with Crippen LogP contribution in [0.5, 0.6) is 0 Å². The maximum Gasteiger partial charge on any atom is 0.248 e. The molecule has 2 amide bonds. The molecular weight excluding hydrogens is 398 g/mol. The van der Waals surface area contributed by atoms with E-state index in [1.807, 2.05) is 32.0 Å². The van der Waals surface area contributed by atoms with E-state index in [2.05, 4.69) is 5.32 Å². The van der Waals surface area contributed by atoms with Gasteiger partial charge in [-0.25, -0.2) is 12.7 Å². The lowest BCUT2D eigenvalue weighted by molar-refractivity contribution is -0.140. The summed E-state index contributed by atoms with van der Waals surface area (Å²) in [5.74, 6) is 0.291. The summed E-state index contributed by atoms with van der Waals surface area (Å²) in [5, 5.41) is 2.92. The second kappa shape index (κ2) is 8.42. The van der Waals surface area contributed by atoms with E-state index in [1.54, 1.807) is 16.7 Å². The highest BCUT2D eigenvalue weighted by Gasteiger charge is 2.39. The minimum Gasteiger partial charge on any atom is -0.324 e. The van der Waals surface area contributed by atoms with Crippen LogP contribution in [0.4, 0.5) is 5.69 Å². The summed E-state index contributed by atoms with van der Waals surface area (Å²) in [4.78, 5) is 27.5. The van der Waals surface area contributed by atoms with Gasteiger partial charge in [-0.05, 0) is 49.9 Å². The molecular formula is C19H27N3O4S2. The van der Waals surface area contributed by atoms with E-state index in [9.17, 15) is 18.0 Å². The van der Waals surface area contributed by atoms with Gasteiger partial charge >= 0.3 is 0 Å². The summed E-state index contributed by atoms with van der Waals surface area (Å²) in [5.41, 5.74) is 2.96. The van der Waals surface area contributed by atoms with Crippen LogP contribution < -0.4 is 5.32 Å². The van der Waals surface area contributed by atoms with Gasteiger partial charge in [0.1, 0.15) is 6.04 Å². The summed E-state index contributed by atoms with van der Waals surface area (Å²) in [6, 6.07) is 5.21. The Labute approximate surface area is 170 Å². The third kappa shape index (κ3) is 4.69. The predicted octanol–water partition coefficient (Wildman–Crippen LogP) is 1.82. The Morgan fingerprint density at radius 3 is 2.64 bits per heavy atom. The summed E-state index contributed by atoms with van der Waals surface area (Å²) in [6.07, 6.45) is 2.48. The lowest BCUT2D eigenvalue weighted by Gasteiger charge is -2.33. The van der Waals surface area contributed by atoms with Gasteiger partial charge in [0.05, 0.1) is 18.1 Å². The van der Waals surface area contributed by atoms with Gasteiger partial charge in [0.25, 0.3) is 0 Å². The Morgan fingerprint density at radius 2 is 1.96 bits per heavy atom. The van der Waals surface area contributed by atoms with Crippen molar-refractivity contribution in [3.8, 4) is 0 Å². The van der Waals surface area contributed by atoms with Gasteiger partial charge in [0.15, 0.2) is 0 Å². The molecule has 2 aliphatic rings. The minimum atomic E-state index is -3.32. The average Bonchev–Trinajstić information content (AvgIpc) is 3.13. The summed E-state index contributed by atoms with van der Waals surface area (Å²) in [6.45, 7) is 4.65. The van der Waals surface area contributed by atoms with Crippen LogP contribution in [0.25, 0.3) is 0 Å². The second-order valence-electron chi connectivity index (χ2n) is 7.57. The maximum atomic E-state index is 13.1. The van der Waals surface area contributed by atoms with Gasteiger partial charge in [-0.1, -0.05) is 6.07 Å². The molecule has 2 heterocycles. The number of rotatable bonds is 4. The molecule has 2 fully saturated rings. The Bertz CT molecular complexity index is 872. The van der Waals surface area contributed by atoms with E-state index >= 15 is 0 Å². The first-order valence-electron chi connectivity index (χ1n) is 9.38. The van der Waals surface area contributed by atoms with Crippen LogP contribution in [0.2, 0.25) is 0 Å². The topological polar surface area (TPSA) is 86.8 Å². The van der Waals surface area contributed by atoms with Crippen LogP contribution in [0.1, 0.15) is 24.0 Å². The van der Waals surface area contributed by atoms with Crippen LogP contribution in [0.15, 0.2) is 18.2 Å². The fraction of sp³-hybridized carbons (Fsp3) is 0.579. The van der Waals surface area contributed by atoms with E-state index in [0.717, 1.165) is 16.8 Å². The molecule has 0 spiro atoms.